The smallest absolute Gasteiger partial charge is 0.234 e. The zero-order valence-electron chi connectivity index (χ0n) is 18.5. The van der Waals surface area contributed by atoms with Crippen molar-refractivity contribution in [2.24, 2.45) is 0 Å². The van der Waals surface area contributed by atoms with Crippen molar-refractivity contribution >= 4 is 0 Å². The number of imidazole rings is 1. The van der Waals surface area contributed by atoms with Gasteiger partial charge in [0.1, 0.15) is 12.4 Å². The third-order valence-electron chi connectivity index (χ3n) is 5.97. The van der Waals surface area contributed by atoms with Gasteiger partial charge in [0.05, 0.1) is 13.1 Å². The molecule has 2 aromatic rings. The van der Waals surface area contributed by atoms with E-state index in [-0.39, 0.29) is 0 Å². The second-order valence-electron chi connectivity index (χ2n) is 8.36. The fraction of sp³-hybridized carbons (Fsp3) is 0.654. The van der Waals surface area contributed by atoms with Crippen LogP contribution in [0.2, 0.25) is 0 Å². The molecule has 0 amide bonds. The lowest BCUT2D eigenvalue weighted by molar-refractivity contribution is -0.702. The van der Waals surface area contributed by atoms with E-state index < -0.39 is 0 Å². The van der Waals surface area contributed by atoms with Crippen LogP contribution in [-0.4, -0.2) is 4.57 Å². The maximum atomic E-state index is 2.44. The lowest BCUT2D eigenvalue weighted by Crippen LogP contribution is -2.35. The van der Waals surface area contributed by atoms with Crippen molar-refractivity contribution in [2.45, 2.75) is 110 Å². The second kappa shape index (κ2) is 14.4. The molecule has 0 saturated heterocycles. The van der Waals surface area contributed by atoms with Crippen molar-refractivity contribution in [1.29, 1.82) is 0 Å². The van der Waals surface area contributed by atoms with Crippen LogP contribution >= 0.6 is 0 Å². The first-order valence-corrected chi connectivity index (χ1v) is 11.9. The number of benzene rings is 1. The van der Waals surface area contributed by atoms with Gasteiger partial charge in [-0.15, -0.1) is 0 Å². The lowest BCUT2D eigenvalue weighted by Gasteiger charge is -2.04. The van der Waals surface area contributed by atoms with Crippen molar-refractivity contribution in [2.75, 3.05) is 0 Å². The molecule has 0 bridgehead atoms. The summed E-state index contributed by atoms with van der Waals surface area (Å²) in [6.07, 6.45) is 22.4. The Bertz CT molecular complexity index is 615. The molecule has 0 spiro atoms. The van der Waals surface area contributed by atoms with E-state index in [4.69, 9.17) is 0 Å². The summed E-state index contributed by atoms with van der Waals surface area (Å²) < 4.78 is 4.86. The first kappa shape index (κ1) is 22.7. The Kier molecular flexibility index (Phi) is 11.7. The van der Waals surface area contributed by atoms with Gasteiger partial charge in [-0.25, -0.2) is 9.13 Å². The zero-order chi connectivity index (χ0) is 19.9. The van der Waals surface area contributed by atoms with E-state index in [9.17, 15) is 0 Å². The number of hydrogen-bond acceptors (Lipinski definition) is 0. The fourth-order valence-corrected chi connectivity index (χ4v) is 4.06. The summed E-state index contributed by atoms with van der Waals surface area (Å²) in [7, 11) is 0. The Balaban J connectivity index is 1.51. The maximum Gasteiger partial charge on any atom is 0.253 e. The molecule has 1 aromatic carbocycles. The van der Waals surface area contributed by atoms with Crippen molar-refractivity contribution in [3.8, 4) is 0 Å². The average molecular weight is 384 g/mol. The number of unbranched alkanes of at least 4 members (excludes halogenated alkanes) is 10. The van der Waals surface area contributed by atoms with E-state index in [1.165, 1.54) is 95.0 Å². The van der Waals surface area contributed by atoms with Crippen LogP contribution in [0.25, 0.3) is 0 Å². The molecular formula is C26H43N2+. The highest BCUT2D eigenvalue weighted by atomic mass is 15.1. The van der Waals surface area contributed by atoms with Gasteiger partial charge in [-0.2, -0.15) is 0 Å². The average Bonchev–Trinajstić information content (AvgIpc) is 3.07. The van der Waals surface area contributed by atoms with Gasteiger partial charge in [0.25, 0.3) is 5.82 Å². The Labute approximate surface area is 174 Å². The quantitative estimate of drug-likeness (QED) is 0.217. The highest BCUT2D eigenvalue weighted by Gasteiger charge is 2.11. The molecule has 2 heteroatoms. The van der Waals surface area contributed by atoms with Gasteiger partial charge in [0.2, 0.25) is 0 Å². The summed E-state index contributed by atoms with van der Waals surface area (Å²) in [4.78, 5) is 0. The summed E-state index contributed by atoms with van der Waals surface area (Å²) >= 11 is 0. The minimum Gasteiger partial charge on any atom is -0.234 e. The molecule has 0 saturated carbocycles. The summed E-state index contributed by atoms with van der Waals surface area (Å²) in [6, 6.07) is 10.8. The predicted octanol–water partition coefficient (Wildman–Crippen LogP) is 7.03. The third-order valence-corrected chi connectivity index (χ3v) is 5.97. The predicted molar refractivity (Wildman–Crippen MR) is 121 cm³/mol. The van der Waals surface area contributed by atoms with Crippen LogP contribution in [0.15, 0.2) is 42.7 Å². The maximum absolute atomic E-state index is 2.44. The zero-order valence-corrected chi connectivity index (χ0v) is 18.5. The molecule has 2 rings (SSSR count). The molecule has 1 heterocycles. The Hall–Kier alpha value is -1.57. The van der Waals surface area contributed by atoms with Crippen LogP contribution < -0.4 is 4.57 Å². The Morgan fingerprint density at radius 1 is 0.750 bits per heavy atom. The van der Waals surface area contributed by atoms with Crippen LogP contribution in [0.3, 0.4) is 0 Å². The Morgan fingerprint density at radius 2 is 1.36 bits per heavy atom. The van der Waals surface area contributed by atoms with Gasteiger partial charge < -0.3 is 0 Å². The van der Waals surface area contributed by atoms with Crippen molar-refractivity contribution in [3.63, 3.8) is 0 Å². The number of aromatic nitrogens is 2. The van der Waals surface area contributed by atoms with E-state index in [1.54, 1.807) is 0 Å². The van der Waals surface area contributed by atoms with Gasteiger partial charge in [0, 0.05) is 6.92 Å². The molecule has 0 aliphatic carbocycles. The van der Waals surface area contributed by atoms with Gasteiger partial charge >= 0.3 is 0 Å². The number of aryl methyl sites for hydroxylation is 3. The Morgan fingerprint density at radius 3 is 2.00 bits per heavy atom. The standard InChI is InChI=1S/C26H43N2/c1-3-4-5-6-7-8-9-10-11-12-16-21-27-23-24-28(25(27)2)22-17-20-26-18-14-13-15-19-26/h13-15,18-19,23-24H,3-12,16-17,20-22H2,1-2H3/q+1. The first-order valence-electron chi connectivity index (χ1n) is 11.9. The molecule has 28 heavy (non-hydrogen) atoms. The molecular weight excluding hydrogens is 340 g/mol. The summed E-state index contributed by atoms with van der Waals surface area (Å²) in [5.74, 6) is 1.40. The number of nitrogens with zero attached hydrogens (tertiary/aromatic N) is 2. The highest BCUT2D eigenvalue weighted by Crippen LogP contribution is 2.12. The molecule has 2 nitrogen and oxygen atoms in total. The molecule has 0 N–H and O–H groups in total. The first-order chi connectivity index (χ1) is 13.8. The summed E-state index contributed by atoms with van der Waals surface area (Å²) in [5, 5.41) is 0. The minimum atomic E-state index is 1.12. The van der Waals surface area contributed by atoms with Crippen LogP contribution in [-0.2, 0) is 19.5 Å². The van der Waals surface area contributed by atoms with Gasteiger partial charge in [-0.1, -0.05) is 95.0 Å². The van der Waals surface area contributed by atoms with E-state index in [2.05, 4.69) is 65.7 Å². The summed E-state index contributed by atoms with van der Waals surface area (Å²) in [5.41, 5.74) is 1.45. The van der Waals surface area contributed by atoms with E-state index >= 15 is 0 Å². The normalized spacial score (nSPS) is 11.2. The van der Waals surface area contributed by atoms with Crippen molar-refractivity contribution < 1.29 is 4.57 Å². The van der Waals surface area contributed by atoms with Crippen LogP contribution in [0, 0.1) is 6.92 Å². The van der Waals surface area contributed by atoms with Crippen LogP contribution in [0.4, 0.5) is 0 Å². The van der Waals surface area contributed by atoms with E-state index in [0.29, 0.717) is 0 Å². The van der Waals surface area contributed by atoms with Crippen LogP contribution in [0.5, 0.6) is 0 Å². The second-order valence-corrected chi connectivity index (χ2v) is 8.36. The van der Waals surface area contributed by atoms with Gasteiger partial charge in [0.15, 0.2) is 0 Å². The van der Waals surface area contributed by atoms with E-state index in [1.807, 2.05) is 0 Å². The third kappa shape index (κ3) is 9.08. The topological polar surface area (TPSA) is 8.81 Å². The SMILES string of the molecule is CCCCCCCCCCCCCn1cc[n+](CCCc2ccccc2)c1C. The van der Waals surface area contributed by atoms with Crippen LogP contribution in [0.1, 0.15) is 95.4 Å². The molecule has 0 fully saturated rings. The number of rotatable bonds is 16. The van der Waals surface area contributed by atoms with Crippen molar-refractivity contribution in [1.82, 2.24) is 4.57 Å². The molecule has 0 atom stereocenters. The largest absolute Gasteiger partial charge is 0.253 e. The van der Waals surface area contributed by atoms with E-state index in [0.717, 1.165) is 13.0 Å². The summed E-state index contributed by atoms with van der Waals surface area (Å²) in [6.45, 7) is 6.85. The highest BCUT2D eigenvalue weighted by molar-refractivity contribution is 5.14. The van der Waals surface area contributed by atoms with Gasteiger partial charge in [-0.3, -0.25) is 0 Å². The molecule has 0 unspecified atom stereocenters. The molecule has 156 valence electrons. The number of hydrogen-bond donors (Lipinski definition) is 0. The van der Waals surface area contributed by atoms with Crippen molar-refractivity contribution in [3.05, 3.63) is 54.1 Å². The molecule has 0 aliphatic rings. The lowest BCUT2D eigenvalue weighted by atomic mass is 10.1. The molecule has 0 aliphatic heterocycles. The molecule has 0 radical (unpaired) electrons. The minimum absolute atomic E-state index is 1.12. The van der Waals surface area contributed by atoms with Gasteiger partial charge in [-0.05, 0) is 31.2 Å². The molecule has 1 aromatic heterocycles. The monoisotopic (exact) mass is 383 g/mol. The fourth-order valence-electron chi connectivity index (χ4n) is 4.06.